The van der Waals surface area contributed by atoms with E-state index in [1.807, 2.05) is 0 Å². The fraction of sp³-hybridized carbons (Fsp3) is 0.375. The van der Waals surface area contributed by atoms with Crippen LogP contribution in [0.4, 0.5) is 8.78 Å². The zero-order chi connectivity index (χ0) is 10.7. The van der Waals surface area contributed by atoms with E-state index in [-0.39, 0.29) is 17.9 Å². The minimum atomic E-state index is -2.81. The van der Waals surface area contributed by atoms with Crippen LogP contribution >= 0.6 is 0 Å². The summed E-state index contributed by atoms with van der Waals surface area (Å²) in [6.07, 6.45) is -2.81. The average Bonchev–Trinajstić information content (AvgIpc) is 2.17. The molecule has 78 valence electrons. The van der Waals surface area contributed by atoms with Crippen molar-refractivity contribution in [3.05, 3.63) is 23.0 Å². The number of aliphatic hydroxyl groups is 1. The van der Waals surface area contributed by atoms with Crippen LogP contribution < -0.4 is 5.73 Å². The lowest BCUT2D eigenvalue weighted by Crippen LogP contribution is -2.05. The van der Waals surface area contributed by atoms with Crippen LogP contribution in [0.15, 0.2) is 6.07 Å². The van der Waals surface area contributed by atoms with Crippen molar-refractivity contribution in [2.24, 2.45) is 5.73 Å². The van der Waals surface area contributed by atoms with Gasteiger partial charge < -0.3 is 15.9 Å². The molecule has 4 N–H and O–H groups in total. The smallest absolute Gasteiger partial charge is 0.267 e. The van der Waals surface area contributed by atoms with Crippen molar-refractivity contribution in [3.8, 4) is 5.75 Å². The van der Waals surface area contributed by atoms with Gasteiger partial charge in [-0.15, -0.1) is 0 Å². The van der Waals surface area contributed by atoms with Crippen molar-refractivity contribution < 1.29 is 19.0 Å². The van der Waals surface area contributed by atoms with E-state index in [9.17, 15) is 13.9 Å². The monoisotopic (exact) mass is 204 g/mol. The molecule has 0 fully saturated rings. The van der Waals surface area contributed by atoms with Gasteiger partial charge in [-0.1, -0.05) is 0 Å². The molecule has 0 spiro atoms. The summed E-state index contributed by atoms with van der Waals surface area (Å²) in [4.78, 5) is 3.69. The lowest BCUT2D eigenvalue weighted by atomic mass is 10.1. The first-order chi connectivity index (χ1) is 6.60. The molecule has 4 nitrogen and oxygen atoms in total. The number of hydrogen-bond donors (Lipinski definition) is 3. The van der Waals surface area contributed by atoms with Gasteiger partial charge >= 0.3 is 0 Å². The van der Waals surface area contributed by atoms with Gasteiger partial charge in [0.25, 0.3) is 6.43 Å². The number of halogens is 2. The van der Waals surface area contributed by atoms with Gasteiger partial charge in [-0.3, -0.25) is 4.98 Å². The largest absolute Gasteiger partial charge is 0.505 e. The van der Waals surface area contributed by atoms with Crippen LogP contribution in [-0.2, 0) is 13.2 Å². The van der Waals surface area contributed by atoms with Gasteiger partial charge in [-0.25, -0.2) is 8.78 Å². The van der Waals surface area contributed by atoms with Crippen molar-refractivity contribution in [3.63, 3.8) is 0 Å². The standard InChI is InChI=1S/C8H10F2N2O2/c9-8(10)5-1-4(3-13)12-6(2-11)7(5)14/h1,8,13-14H,2-3,11H2. The van der Waals surface area contributed by atoms with Crippen LogP contribution in [-0.4, -0.2) is 15.2 Å². The Morgan fingerprint density at radius 3 is 2.57 bits per heavy atom. The fourth-order valence-electron chi connectivity index (χ4n) is 1.06. The van der Waals surface area contributed by atoms with Gasteiger partial charge in [0.15, 0.2) is 0 Å². The number of hydrogen-bond acceptors (Lipinski definition) is 4. The molecular weight excluding hydrogens is 194 g/mol. The molecule has 1 rings (SSSR count). The first-order valence-corrected chi connectivity index (χ1v) is 3.90. The Hall–Kier alpha value is -1.27. The van der Waals surface area contributed by atoms with Crippen molar-refractivity contribution in [1.82, 2.24) is 4.98 Å². The second kappa shape index (κ2) is 4.30. The normalized spacial score (nSPS) is 10.9. The first-order valence-electron chi connectivity index (χ1n) is 3.90. The molecule has 0 saturated heterocycles. The molecule has 0 amide bonds. The molecule has 1 heterocycles. The van der Waals surface area contributed by atoms with E-state index >= 15 is 0 Å². The average molecular weight is 204 g/mol. The van der Waals surface area contributed by atoms with Gasteiger partial charge in [-0.2, -0.15) is 0 Å². The second-order valence-corrected chi connectivity index (χ2v) is 2.66. The van der Waals surface area contributed by atoms with E-state index in [1.165, 1.54) is 0 Å². The zero-order valence-electron chi connectivity index (χ0n) is 7.24. The van der Waals surface area contributed by atoms with E-state index in [2.05, 4.69) is 4.98 Å². The van der Waals surface area contributed by atoms with Gasteiger partial charge in [0.05, 0.1) is 23.6 Å². The van der Waals surface area contributed by atoms with Gasteiger partial charge in [0.2, 0.25) is 0 Å². The maximum absolute atomic E-state index is 12.4. The molecule has 0 radical (unpaired) electrons. The molecule has 0 atom stereocenters. The van der Waals surface area contributed by atoms with Crippen LogP contribution in [0, 0.1) is 0 Å². The summed E-state index contributed by atoms with van der Waals surface area (Å²) >= 11 is 0. The third-order valence-corrected chi connectivity index (χ3v) is 1.74. The highest BCUT2D eigenvalue weighted by Crippen LogP contribution is 2.30. The number of nitrogens with two attached hydrogens (primary N) is 1. The number of pyridine rings is 1. The summed E-state index contributed by atoms with van der Waals surface area (Å²) in [6, 6.07) is 0.958. The fourth-order valence-corrected chi connectivity index (χ4v) is 1.06. The molecule has 0 aromatic carbocycles. The van der Waals surface area contributed by atoms with Crippen molar-refractivity contribution in [2.75, 3.05) is 0 Å². The lowest BCUT2D eigenvalue weighted by Gasteiger charge is -2.09. The maximum atomic E-state index is 12.4. The molecule has 0 bridgehead atoms. The molecule has 0 aliphatic heterocycles. The highest BCUT2D eigenvalue weighted by molar-refractivity contribution is 5.38. The molecule has 1 aromatic heterocycles. The van der Waals surface area contributed by atoms with Crippen molar-refractivity contribution in [2.45, 2.75) is 19.6 Å². The topological polar surface area (TPSA) is 79.4 Å². The Kier molecular flexibility index (Phi) is 3.32. The summed E-state index contributed by atoms with van der Waals surface area (Å²) in [5.74, 6) is -0.597. The predicted octanol–water partition coefficient (Wildman–Crippen LogP) is 0.676. The zero-order valence-corrected chi connectivity index (χ0v) is 7.24. The van der Waals surface area contributed by atoms with Crippen molar-refractivity contribution in [1.29, 1.82) is 0 Å². The highest BCUT2D eigenvalue weighted by atomic mass is 19.3. The van der Waals surface area contributed by atoms with Crippen LogP contribution in [0.3, 0.4) is 0 Å². The van der Waals surface area contributed by atoms with Gasteiger partial charge in [-0.05, 0) is 6.07 Å². The molecule has 1 aromatic rings. The molecule has 6 heteroatoms. The number of aromatic nitrogens is 1. The van der Waals surface area contributed by atoms with E-state index < -0.39 is 24.3 Å². The third-order valence-electron chi connectivity index (χ3n) is 1.74. The Balaban J connectivity index is 3.27. The molecule has 14 heavy (non-hydrogen) atoms. The number of alkyl halides is 2. The predicted molar refractivity (Wildman–Crippen MR) is 44.7 cm³/mol. The van der Waals surface area contributed by atoms with E-state index in [0.29, 0.717) is 0 Å². The molecular formula is C8H10F2N2O2. The van der Waals surface area contributed by atoms with Gasteiger partial charge in [0, 0.05) is 6.54 Å². The van der Waals surface area contributed by atoms with Crippen LogP contribution in [0.25, 0.3) is 0 Å². The summed E-state index contributed by atoms with van der Waals surface area (Å²) in [5, 5.41) is 18.0. The number of nitrogens with zero attached hydrogens (tertiary/aromatic N) is 1. The van der Waals surface area contributed by atoms with Crippen LogP contribution in [0.2, 0.25) is 0 Å². The molecule has 0 aliphatic carbocycles. The summed E-state index contributed by atoms with van der Waals surface area (Å²) in [5.41, 5.74) is 4.68. The second-order valence-electron chi connectivity index (χ2n) is 2.66. The van der Waals surface area contributed by atoms with E-state index in [1.54, 1.807) is 0 Å². The quantitative estimate of drug-likeness (QED) is 0.676. The first kappa shape index (κ1) is 10.8. The molecule has 0 unspecified atom stereocenters. The molecule has 0 saturated carbocycles. The summed E-state index contributed by atoms with van der Waals surface area (Å²) in [6.45, 7) is -0.619. The highest BCUT2D eigenvalue weighted by Gasteiger charge is 2.17. The Morgan fingerprint density at radius 2 is 2.14 bits per heavy atom. The summed E-state index contributed by atoms with van der Waals surface area (Å²) in [7, 11) is 0. The van der Waals surface area contributed by atoms with Gasteiger partial charge in [0.1, 0.15) is 5.75 Å². The Bertz CT molecular complexity index is 331. The van der Waals surface area contributed by atoms with E-state index in [4.69, 9.17) is 10.8 Å². The van der Waals surface area contributed by atoms with Crippen molar-refractivity contribution >= 4 is 0 Å². The number of rotatable bonds is 3. The Labute approximate surface area is 79.0 Å². The van der Waals surface area contributed by atoms with Crippen LogP contribution in [0.5, 0.6) is 5.75 Å². The third kappa shape index (κ3) is 1.97. The maximum Gasteiger partial charge on any atom is 0.267 e. The SMILES string of the molecule is NCc1nc(CO)cc(C(F)F)c1O. The number of aliphatic hydroxyl groups excluding tert-OH is 1. The minimum Gasteiger partial charge on any atom is -0.505 e. The lowest BCUT2D eigenvalue weighted by molar-refractivity contribution is 0.146. The number of aromatic hydroxyl groups is 1. The Morgan fingerprint density at radius 1 is 1.50 bits per heavy atom. The van der Waals surface area contributed by atoms with E-state index in [0.717, 1.165) is 6.07 Å². The summed E-state index contributed by atoms with van der Waals surface area (Å²) < 4.78 is 24.7. The molecule has 0 aliphatic rings. The van der Waals surface area contributed by atoms with Crippen LogP contribution in [0.1, 0.15) is 23.4 Å². The minimum absolute atomic E-state index is 0.0353.